The van der Waals surface area contributed by atoms with Crippen molar-refractivity contribution in [1.29, 1.82) is 0 Å². The topological polar surface area (TPSA) is 33.4 Å². The number of oxazole rings is 1. The van der Waals surface area contributed by atoms with Crippen LogP contribution in [0.5, 0.6) is 0 Å². The Morgan fingerprint density at radius 2 is 1.31 bits per heavy atom. The zero-order valence-electron chi connectivity index (χ0n) is 36.2. The number of hydrogen-bond acceptors (Lipinski definition) is 4. The molecule has 4 nitrogen and oxygen atoms in total. The molecule has 0 N–H and O–H groups in total. The lowest BCUT2D eigenvalue weighted by atomic mass is 9.44. The predicted molar refractivity (Wildman–Crippen MR) is 269 cm³/mol. The molecule has 3 aromatic heterocycles. The fourth-order valence-electron chi connectivity index (χ4n) is 12.9. The lowest BCUT2D eigenvalue weighted by molar-refractivity contribution is -0.495. The van der Waals surface area contributed by atoms with E-state index < -0.39 is 0 Å². The van der Waals surface area contributed by atoms with Crippen molar-refractivity contribution in [3.63, 3.8) is 0 Å². The number of anilines is 2. The molecule has 65 heavy (non-hydrogen) atoms. The average Bonchev–Trinajstić information content (AvgIpc) is 4.10. The second-order valence-corrected chi connectivity index (χ2v) is 20.3. The molecule has 15 rings (SSSR count). The van der Waals surface area contributed by atoms with Gasteiger partial charge >= 0.3 is 12.7 Å². The Morgan fingerprint density at radius 3 is 2.17 bits per heavy atom. The van der Waals surface area contributed by atoms with Crippen molar-refractivity contribution in [3.05, 3.63) is 175 Å². The molecule has 1 saturated carbocycles. The zero-order valence-corrected chi connectivity index (χ0v) is 37.0. The van der Waals surface area contributed by atoms with Crippen LogP contribution in [0.15, 0.2) is 179 Å². The van der Waals surface area contributed by atoms with E-state index in [0.717, 1.165) is 68.8 Å². The Kier molecular flexibility index (Phi) is 7.12. The first-order valence-electron chi connectivity index (χ1n) is 23.2. The molecule has 2 atom stereocenters. The van der Waals surface area contributed by atoms with Crippen LogP contribution in [0, 0.1) is 0 Å². The van der Waals surface area contributed by atoms with Crippen LogP contribution >= 0.6 is 11.3 Å². The lowest BCUT2D eigenvalue weighted by Gasteiger charge is -2.51. The molecule has 2 unspecified atom stereocenters. The molecule has 0 bridgehead atoms. The van der Waals surface area contributed by atoms with Gasteiger partial charge in [-0.3, -0.25) is 0 Å². The van der Waals surface area contributed by atoms with Gasteiger partial charge in [-0.2, -0.15) is 0 Å². The number of hydrogen-bond donors (Lipinski definition) is 0. The van der Waals surface area contributed by atoms with E-state index in [-0.39, 0.29) is 17.8 Å². The molecule has 8 aromatic carbocycles. The van der Waals surface area contributed by atoms with Crippen molar-refractivity contribution in [2.75, 3.05) is 4.90 Å². The third-order valence-electron chi connectivity index (χ3n) is 16.1. The van der Waals surface area contributed by atoms with Gasteiger partial charge in [0.05, 0.1) is 16.7 Å². The van der Waals surface area contributed by atoms with Crippen LogP contribution in [0.4, 0.5) is 11.4 Å². The molecule has 1 aliphatic carbocycles. The molecule has 6 heterocycles. The summed E-state index contributed by atoms with van der Waals surface area (Å²) in [7, 11) is 0. The Morgan fingerprint density at radius 1 is 0.569 bits per heavy atom. The summed E-state index contributed by atoms with van der Waals surface area (Å²) in [5.41, 5.74) is 18.9. The maximum absolute atomic E-state index is 7.26. The second kappa shape index (κ2) is 12.8. The molecular weight excluding hydrogens is 812 g/mol. The predicted octanol–water partition coefficient (Wildman–Crippen LogP) is 14.2. The second-order valence-electron chi connectivity index (χ2n) is 19.2. The van der Waals surface area contributed by atoms with E-state index in [4.69, 9.17) is 8.83 Å². The van der Waals surface area contributed by atoms with Crippen molar-refractivity contribution in [1.82, 2.24) is 0 Å². The van der Waals surface area contributed by atoms with Crippen molar-refractivity contribution in [2.24, 2.45) is 0 Å². The molecule has 0 amide bonds. The molecule has 0 saturated heterocycles. The van der Waals surface area contributed by atoms with Gasteiger partial charge in [-0.25, -0.2) is 4.48 Å². The summed E-state index contributed by atoms with van der Waals surface area (Å²) in [6, 6.07) is 62.8. The number of aromatic nitrogens is 1. The monoisotopic (exact) mass is 853 g/mol. The van der Waals surface area contributed by atoms with E-state index in [2.05, 4.69) is 193 Å². The summed E-state index contributed by atoms with van der Waals surface area (Å²) in [6.45, 7) is 4.99. The van der Waals surface area contributed by atoms with Crippen LogP contribution in [0.3, 0.4) is 0 Å². The van der Waals surface area contributed by atoms with Crippen LogP contribution < -0.4 is 20.3 Å². The van der Waals surface area contributed by atoms with Gasteiger partial charge in [0.25, 0.3) is 0 Å². The van der Waals surface area contributed by atoms with Gasteiger partial charge < -0.3 is 13.7 Å². The number of para-hydroxylation sites is 2. The van der Waals surface area contributed by atoms with E-state index in [1.165, 1.54) is 83.1 Å². The van der Waals surface area contributed by atoms with Crippen LogP contribution in [0.25, 0.3) is 98.4 Å². The fourth-order valence-corrected chi connectivity index (χ4v) is 14.0. The highest BCUT2D eigenvalue weighted by molar-refractivity contribution is 7.25. The fraction of sp³-hybridized carbons (Fsp3) is 0.136. The number of nitrogens with zero attached hydrogens (tertiary/aromatic N) is 2. The van der Waals surface area contributed by atoms with E-state index in [0.29, 0.717) is 0 Å². The first kappa shape index (κ1) is 36.2. The zero-order chi connectivity index (χ0) is 42.8. The smallest absolute Gasteiger partial charge is 0.455 e. The molecule has 3 aliphatic heterocycles. The van der Waals surface area contributed by atoms with Gasteiger partial charge in [-0.1, -0.05) is 129 Å². The SMILES string of the molecule is CC12CCCCC1(C)N1c3cc(-c4oc5ccccc5c4-c4ccccc4)cc4c3B(c3cc(-c5ccccc5)cc2c31)[n+]1c(-c2ccc3sc5ccccc5c3c2)oc2cccc-4c21. The summed E-state index contributed by atoms with van der Waals surface area (Å²) in [5, 5.41) is 3.68. The molecular formula is C59H42BN2O2S+. The van der Waals surface area contributed by atoms with Crippen molar-refractivity contribution < 1.29 is 13.3 Å². The highest BCUT2D eigenvalue weighted by atomic mass is 32.1. The van der Waals surface area contributed by atoms with Crippen molar-refractivity contribution in [3.8, 4) is 56.2 Å². The first-order valence-corrected chi connectivity index (χ1v) is 24.0. The first-order chi connectivity index (χ1) is 32.0. The highest BCUT2D eigenvalue weighted by Gasteiger charge is 2.64. The van der Waals surface area contributed by atoms with Gasteiger partial charge in [0, 0.05) is 64.4 Å². The molecule has 0 spiro atoms. The molecule has 11 aromatic rings. The lowest BCUT2D eigenvalue weighted by Crippen LogP contribution is -2.71. The van der Waals surface area contributed by atoms with Crippen LogP contribution in [0.2, 0.25) is 0 Å². The Labute approximate surface area is 381 Å². The van der Waals surface area contributed by atoms with E-state index in [1.54, 1.807) is 0 Å². The Bertz CT molecular complexity index is 3850. The highest BCUT2D eigenvalue weighted by Crippen LogP contribution is 2.62. The third kappa shape index (κ3) is 4.65. The Balaban J connectivity index is 1.09. The maximum Gasteiger partial charge on any atom is 0.567 e. The number of fused-ring (bicyclic) bond motifs is 11. The minimum Gasteiger partial charge on any atom is -0.455 e. The Hall–Kier alpha value is -7.15. The van der Waals surface area contributed by atoms with E-state index in [9.17, 15) is 0 Å². The van der Waals surface area contributed by atoms with Gasteiger partial charge in [-0.05, 0) is 108 Å². The largest absolute Gasteiger partial charge is 0.567 e. The summed E-state index contributed by atoms with van der Waals surface area (Å²) < 4.78 is 19.5. The van der Waals surface area contributed by atoms with E-state index >= 15 is 0 Å². The molecule has 4 aliphatic rings. The number of benzene rings is 8. The molecule has 1 fully saturated rings. The van der Waals surface area contributed by atoms with Gasteiger partial charge in [-0.15, -0.1) is 11.3 Å². The van der Waals surface area contributed by atoms with Crippen molar-refractivity contribution >= 4 is 82.7 Å². The minimum atomic E-state index is -0.160. The summed E-state index contributed by atoms with van der Waals surface area (Å²) >= 11 is 1.86. The average molecular weight is 854 g/mol. The van der Waals surface area contributed by atoms with Gasteiger partial charge in [0.15, 0.2) is 0 Å². The van der Waals surface area contributed by atoms with Gasteiger partial charge in [0.1, 0.15) is 11.3 Å². The summed E-state index contributed by atoms with van der Waals surface area (Å²) in [5.74, 6) is 1.79. The number of thiophene rings is 1. The van der Waals surface area contributed by atoms with Gasteiger partial charge in [0.2, 0.25) is 11.1 Å². The minimum absolute atomic E-state index is 0.0812. The van der Waals surface area contributed by atoms with Crippen LogP contribution in [-0.4, -0.2) is 12.4 Å². The summed E-state index contributed by atoms with van der Waals surface area (Å²) in [6.07, 6.45) is 4.68. The quantitative estimate of drug-likeness (QED) is 0.165. The van der Waals surface area contributed by atoms with Crippen LogP contribution in [-0.2, 0) is 5.41 Å². The number of rotatable bonds is 4. The normalized spacial score (nSPS) is 19.0. The summed E-state index contributed by atoms with van der Waals surface area (Å²) in [4.78, 5) is 2.82. The van der Waals surface area contributed by atoms with Crippen molar-refractivity contribution in [2.45, 2.75) is 50.5 Å². The third-order valence-corrected chi connectivity index (χ3v) is 17.2. The number of furan rings is 1. The van der Waals surface area contributed by atoms with Crippen LogP contribution in [0.1, 0.15) is 45.1 Å². The standard InChI is InChI=1S/C59H42BN2O2S/c1-58-28-13-14-29-59(58,2)61-47-34-39(56-52(36-18-7-4-8-19-36)42-21-9-11-23-48(42)63-56)31-44-41-22-15-24-49-54(41)62(57(64-49)37-26-27-51-43(30-37)40-20-10-12-25-50(40)65-51)60(53(44)47)46-33-38(32-45(58)55(46)61)35-16-5-3-6-17-35/h3-12,15-27,30-34H,13-14,28-29H2,1-2H3/q+1. The van der Waals surface area contributed by atoms with E-state index in [1.807, 2.05) is 11.3 Å². The molecule has 6 heteroatoms. The maximum atomic E-state index is 7.26. The molecule has 308 valence electrons. The molecule has 0 radical (unpaired) electrons.